The van der Waals surface area contributed by atoms with Gasteiger partial charge < -0.3 is 23.8 Å². The summed E-state index contributed by atoms with van der Waals surface area (Å²) in [5.74, 6) is -1.54. The summed E-state index contributed by atoms with van der Waals surface area (Å²) < 4.78 is 17.3. The van der Waals surface area contributed by atoms with Gasteiger partial charge in [-0.25, -0.2) is 4.79 Å². The summed E-state index contributed by atoms with van der Waals surface area (Å²) in [6, 6.07) is -0.631. The average Bonchev–Trinajstić information content (AvgIpc) is 3.28. The third kappa shape index (κ3) is 44.9. The zero-order chi connectivity index (χ0) is 48.4. The van der Waals surface area contributed by atoms with Crippen molar-refractivity contribution in [3.8, 4) is 0 Å². The Morgan fingerprint density at radius 1 is 0.455 bits per heavy atom. The maximum absolute atomic E-state index is 12.8. The second-order valence-corrected chi connectivity index (χ2v) is 17.7. The summed E-state index contributed by atoms with van der Waals surface area (Å²) in [6.45, 7) is 4.45. The molecule has 2 unspecified atom stereocenters. The van der Waals surface area contributed by atoms with Crippen molar-refractivity contribution in [3.05, 3.63) is 122 Å². The molecule has 8 nitrogen and oxygen atoms in total. The lowest BCUT2D eigenvalue weighted by atomic mass is 10.1. The monoisotopic (exact) mass is 917 g/mol. The van der Waals surface area contributed by atoms with Crippen LogP contribution < -0.4 is 0 Å². The van der Waals surface area contributed by atoms with Crippen molar-refractivity contribution in [1.29, 1.82) is 0 Å². The van der Waals surface area contributed by atoms with Crippen molar-refractivity contribution in [2.45, 2.75) is 187 Å². The molecule has 0 aromatic heterocycles. The molecule has 0 aliphatic rings. The molecule has 1 N–H and O–H groups in total. The first-order valence-electron chi connectivity index (χ1n) is 25.6. The molecule has 0 aromatic carbocycles. The van der Waals surface area contributed by atoms with E-state index in [9.17, 15) is 19.5 Å². The van der Waals surface area contributed by atoms with E-state index in [0.717, 1.165) is 116 Å². The van der Waals surface area contributed by atoms with Gasteiger partial charge in [-0.05, 0) is 103 Å². The minimum absolute atomic E-state index is 0.0354. The van der Waals surface area contributed by atoms with Crippen LogP contribution in [0.5, 0.6) is 0 Å². The fraction of sp³-hybridized carbons (Fsp3) is 0.603. The summed E-state index contributed by atoms with van der Waals surface area (Å²) >= 11 is 0. The number of aliphatic carboxylic acids is 1. The third-order valence-corrected chi connectivity index (χ3v) is 10.6. The van der Waals surface area contributed by atoms with Crippen LogP contribution in [0.3, 0.4) is 0 Å². The van der Waals surface area contributed by atoms with Gasteiger partial charge in [0.05, 0.1) is 34.4 Å². The highest BCUT2D eigenvalue weighted by Crippen LogP contribution is 2.13. The van der Waals surface area contributed by atoms with Gasteiger partial charge in [0.2, 0.25) is 0 Å². The van der Waals surface area contributed by atoms with Crippen molar-refractivity contribution in [1.82, 2.24) is 0 Å². The Morgan fingerprint density at radius 2 is 0.803 bits per heavy atom. The molecule has 0 bridgehead atoms. The number of allylic oxidation sites excluding steroid dienone is 20. The van der Waals surface area contributed by atoms with E-state index in [1.807, 2.05) is 21.1 Å². The van der Waals surface area contributed by atoms with Crippen LogP contribution in [-0.2, 0) is 28.6 Å². The molecule has 66 heavy (non-hydrogen) atoms. The van der Waals surface area contributed by atoms with Crippen LogP contribution >= 0.6 is 0 Å². The zero-order valence-corrected chi connectivity index (χ0v) is 42.3. The molecule has 0 fully saturated rings. The van der Waals surface area contributed by atoms with Crippen molar-refractivity contribution >= 4 is 17.9 Å². The number of likely N-dealkylation sites (N-methyl/N-ethyl adjacent to an activating group) is 1. The van der Waals surface area contributed by atoms with Crippen molar-refractivity contribution in [2.75, 3.05) is 41.0 Å². The number of unbranched alkanes of at least 4 members (excludes halogenated alkanes) is 10. The summed E-state index contributed by atoms with van der Waals surface area (Å²) in [5.41, 5.74) is 0. The smallest absolute Gasteiger partial charge is 0.362 e. The topological polar surface area (TPSA) is 99.1 Å². The summed E-state index contributed by atoms with van der Waals surface area (Å²) in [4.78, 5) is 37.2. The number of carbonyl (C=O) groups excluding carboxylic acids is 2. The average molecular weight is 917 g/mol. The second kappa shape index (κ2) is 47.2. The number of ether oxygens (including phenoxy) is 3. The zero-order valence-electron chi connectivity index (χ0n) is 42.3. The van der Waals surface area contributed by atoms with Gasteiger partial charge in [-0.15, -0.1) is 0 Å². The van der Waals surface area contributed by atoms with E-state index in [-0.39, 0.29) is 42.7 Å². The Hall–Kier alpha value is -4.27. The number of rotatable bonds is 44. The SMILES string of the molecule is CC/C=C/C/C=C/C/C=C/C/C=C/C/C=C/CCCCCCCCCC(=O)OCC(COCCC(C(=O)O)[N+](C)(C)C)OC(=O)CCCCC/C=C/C/C=C/C/C=C/C/C=C/C/C=C/CC. The fourth-order valence-corrected chi connectivity index (χ4v) is 6.73. The van der Waals surface area contributed by atoms with Crippen LogP contribution in [-0.4, -0.2) is 80.6 Å². The highest BCUT2D eigenvalue weighted by Gasteiger charge is 2.31. The Balaban J connectivity index is 4.36. The van der Waals surface area contributed by atoms with Gasteiger partial charge >= 0.3 is 17.9 Å². The first kappa shape index (κ1) is 61.7. The molecule has 0 saturated heterocycles. The van der Waals surface area contributed by atoms with Crippen LogP contribution in [0.25, 0.3) is 0 Å². The summed E-state index contributed by atoms with van der Waals surface area (Å²) in [6.07, 6.45) is 66.7. The van der Waals surface area contributed by atoms with E-state index in [1.165, 1.54) is 19.3 Å². The lowest BCUT2D eigenvalue weighted by Crippen LogP contribution is -2.50. The van der Waals surface area contributed by atoms with Crippen LogP contribution in [0.1, 0.15) is 174 Å². The molecule has 0 aliphatic carbocycles. The maximum Gasteiger partial charge on any atom is 0.362 e. The molecule has 0 spiro atoms. The van der Waals surface area contributed by atoms with E-state index in [0.29, 0.717) is 19.3 Å². The highest BCUT2D eigenvalue weighted by atomic mass is 16.6. The maximum atomic E-state index is 12.8. The first-order chi connectivity index (χ1) is 32.1. The molecule has 0 aliphatic heterocycles. The number of carbonyl (C=O) groups is 3. The predicted molar refractivity (Wildman–Crippen MR) is 279 cm³/mol. The lowest BCUT2D eigenvalue weighted by Gasteiger charge is -2.31. The van der Waals surface area contributed by atoms with Crippen LogP contribution in [0.4, 0.5) is 0 Å². The standard InChI is InChI=1S/C58H93NO7/c1-6-8-10-12-14-16-18-20-22-24-26-27-28-29-31-32-34-36-38-40-42-44-46-48-56(60)65-53-54(52-64-51-50-55(58(62)63)59(3,4)5)66-57(61)49-47-45-43-41-39-37-35-33-30-25-23-21-19-17-15-13-11-9-7-2/h8-11,14-17,20-23,26-27,29-31,33,37,39,54-55H,6-7,12-13,18-19,24-25,28,32,34-36,38,40-53H2,1-5H3/p+1/b10-8+,11-9+,16-14+,17-15+,22-20+,23-21+,27-26+,31-29+,33-30+,39-37+. The number of nitrogens with zero attached hydrogens (tertiary/aromatic N) is 1. The Bertz CT molecular complexity index is 1490. The van der Waals surface area contributed by atoms with Gasteiger partial charge in [0.15, 0.2) is 12.1 Å². The molecule has 0 radical (unpaired) electrons. The molecule has 2 atom stereocenters. The van der Waals surface area contributed by atoms with E-state index >= 15 is 0 Å². The number of hydrogen-bond donors (Lipinski definition) is 1. The van der Waals surface area contributed by atoms with Crippen molar-refractivity contribution in [2.24, 2.45) is 0 Å². The minimum Gasteiger partial charge on any atom is -0.477 e. The Labute approximate surface area is 403 Å². The number of quaternary nitrogens is 1. The molecule has 0 amide bonds. The third-order valence-electron chi connectivity index (χ3n) is 10.6. The number of carboxylic acid groups (broad SMARTS) is 1. The van der Waals surface area contributed by atoms with Gasteiger partial charge in [0.25, 0.3) is 0 Å². The van der Waals surface area contributed by atoms with Gasteiger partial charge in [0.1, 0.15) is 6.61 Å². The van der Waals surface area contributed by atoms with Gasteiger partial charge in [-0.1, -0.05) is 174 Å². The normalized spacial score (nSPS) is 13.9. The van der Waals surface area contributed by atoms with Crippen LogP contribution in [0.2, 0.25) is 0 Å². The number of carboxylic acids is 1. The minimum atomic E-state index is -0.887. The molecule has 372 valence electrons. The lowest BCUT2D eigenvalue weighted by molar-refractivity contribution is -0.887. The van der Waals surface area contributed by atoms with Gasteiger partial charge in [0, 0.05) is 19.3 Å². The number of esters is 2. The van der Waals surface area contributed by atoms with E-state index in [2.05, 4.69) is 135 Å². The van der Waals surface area contributed by atoms with Crippen LogP contribution in [0, 0.1) is 0 Å². The highest BCUT2D eigenvalue weighted by molar-refractivity contribution is 5.72. The molecule has 0 heterocycles. The van der Waals surface area contributed by atoms with E-state index < -0.39 is 18.1 Å². The van der Waals surface area contributed by atoms with Crippen LogP contribution in [0.15, 0.2) is 122 Å². The molecule has 8 heteroatoms. The Morgan fingerprint density at radius 3 is 1.20 bits per heavy atom. The predicted octanol–water partition coefficient (Wildman–Crippen LogP) is 15.0. The largest absolute Gasteiger partial charge is 0.477 e. The van der Waals surface area contributed by atoms with Crippen molar-refractivity contribution in [3.63, 3.8) is 0 Å². The van der Waals surface area contributed by atoms with Gasteiger partial charge in [-0.3, -0.25) is 9.59 Å². The van der Waals surface area contributed by atoms with Gasteiger partial charge in [-0.2, -0.15) is 0 Å². The summed E-state index contributed by atoms with van der Waals surface area (Å²) in [7, 11) is 5.51. The van der Waals surface area contributed by atoms with E-state index in [1.54, 1.807) is 0 Å². The van der Waals surface area contributed by atoms with Crippen molar-refractivity contribution < 1.29 is 38.2 Å². The molecule has 0 aromatic rings. The van der Waals surface area contributed by atoms with E-state index in [4.69, 9.17) is 14.2 Å². The Kier molecular flexibility index (Phi) is 44.2. The molecule has 0 rings (SSSR count). The second-order valence-electron chi connectivity index (χ2n) is 17.7. The molecule has 0 saturated carbocycles. The quantitative estimate of drug-likeness (QED) is 0.0281. The fourth-order valence-electron chi connectivity index (χ4n) is 6.73. The molecular formula is C58H94NO7+. The molecular weight excluding hydrogens is 823 g/mol. The first-order valence-corrected chi connectivity index (χ1v) is 25.6. The summed E-state index contributed by atoms with van der Waals surface area (Å²) in [5, 5.41) is 9.66. The number of hydrogen-bond acceptors (Lipinski definition) is 6.